The number of pyridine rings is 1. The van der Waals surface area contributed by atoms with Crippen LogP contribution in [0.4, 0.5) is 13.2 Å². The van der Waals surface area contributed by atoms with E-state index in [2.05, 4.69) is 10.3 Å². The molecule has 0 saturated heterocycles. The zero-order valence-corrected chi connectivity index (χ0v) is 18.7. The molecule has 1 aliphatic rings. The SMILES string of the molecule is CC[C@H](CC1CC(NC(=O)c2nccc3ccn(Cc4ccc(C(F)(F)F)cc4)c23)C1)C(=O)O. The van der Waals surface area contributed by atoms with Crippen LogP contribution in [0, 0.1) is 11.8 Å². The number of carboxylic acid groups (broad SMARTS) is 1. The van der Waals surface area contributed by atoms with E-state index in [-0.39, 0.29) is 29.5 Å². The molecule has 1 saturated carbocycles. The smallest absolute Gasteiger partial charge is 0.416 e. The van der Waals surface area contributed by atoms with Crippen LogP contribution in [0.25, 0.3) is 10.9 Å². The molecule has 0 spiro atoms. The molecule has 9 heteroatoms. The molecule has 1 atom stereocenters. The number of rotatable bonds is 8. The molecule has 0 unspecified atom stereocenters. The van der Waals surface area contributed by atoms with Gasteiger partial charge in [0.1, 0.15) is 0 Å². The lowest BCUT2D eigenvalue weighted by molar-refractivity contribution is -0.143. The van der Waals surface area contributed by atoms with Gasteiger partial charge in [-0.25, -0.2) is 4.98 Å². The van der Waals surface area contributed by atoms with Gasteiger partial charge in [-0.1, -0.05) is 19.1 Å². The Morgan fingerprint density at radius 3 is 2.50 bits per heavy atom. The number of fused-ring (bicyclic) bond motifs is 1. The van der Waals surface area contributed by atoms with Crippen molar-refractivity contribution in [3.63, 3.8) is 0 Å². The summed E-state index contributed by atoms with van der Waals surface area (Å²) in [6.07, 6.45) is 1.63. The molecule has 1 aromatic carbocycles. The van der Waals surface area contributed by atoms with Crippen LogP contribution in [0.1, 0.15) is 54.2 Å². The van der Waals surface area contributed by atoms with Gasteiger partial charge in [0, 0.05) is 30.4 Å². The minimum Gasteiger partial charge on any atom is -0.481 e. The first-order valence-corrected chi connectivity index (χ1v) is 11.3. The Morgan fingerprint density at radius 1 is 1.18 bits per heavy atom. The minimum absolute atomic E-state index is 0.0285. The lowest BCUT2D eigenvalue weighted by Crippen LogP contribution is -2.45. The van der Waals surface area contributed by atoms with Crippen molar-refractivity contribution >= 4 is 22.8 Å². The van der Waals surface area contributed by atoms with E-state index in [4.69, 9.17) is 0 Å². The first-order valence-electron chi connectivity index (χ1n) is 11.3. The van der Waals surface area contributed by atoms with Gasteiger partial charge in [0.25, 0.3) is 5.91 Å². The third-order valence-corrected chi connectivity index (χ3v) is 6.56. The van der Waals surface area contributed by atoms with Gasteiger partial charge >= 0.3 is 12.1 Å². The van der Waals surface area contributed by atoms with Crippen LogP contribution in [0.15, 0.2) is 48.8 Å². The molecule has 4 rings (SSSR count). The fourth-order valence-electron chi connectivity index (χ4n) is 4.59. The molecule has 1 aliphatic carbocycles. The second-order valence-corrected chi connectivity index (χ2v) is 8.92. The molecule has 1 fully saturated rings. The predicted octanol–water partition coefficient (Wildman–Crippen LogP) is 5.11. The maximum Gasteiger partial charge on any atom is 0.416 e. The van der Waals surface area contributed by atoms with Gasteiger partial charge in [0.2, 0.25) is 0 Å². The Bertz CT molecular complexity index is 1180. The number of aliphatic carboxylic acids is 1. The van der Waals surface area contributed by atoms with E-state index >= 15 is 0 Å². The van der Waals surface area contributed by atoms with Crippen LogP contribution >= 0.6 is 0 Å². The Labute approximate surface area is 194 Å². The average molecular weight is 473 g/mol. The summed E-state index contributed by atoms with van der Waals surface area (Å²) in [7, 11) is 0. The van der Waals surface area contributed by atoms with E-state index in [0.29, 0.717) is 30.5 Å². The standard InChI is InChI=1S/C25H26F3N3O3/c1-2-17(24(33)34)11-16-12-20(13-16)30-23(32)21-22-18(7-9-29-21)8-10-31(22)14-15-3-5-19(6-4-15)25(26,27)28/h3-10,16-17,20H,2,11-14H2,1H3,(H,30,32)(H,33,34)/t16?,17-,20?/m1/s1. The minimum atomic E-state index is -4.39. The van der Waals surface area contributed by atoms with Crippen molar-refractivity contribution in [3.05, 3.63) is 65.6 Å². The molecule has 180 valence electrons. The Hall–Kier alpha value is -3.36. The highest BCUT2D eigenvalue weighted by molar-refractivity contribution is 6.04. The van der Waals surface area contributed by atoms with Crippen molar-refractivity contribution in [2.24, 2.45) is 11.8 Å². The highest BCUT2D eigenvalue weighted by Gasteiger charge is 2.34. The van der Waals surface area contributed by atoms with Crippen LogP contribution in [0.2, 0.25) is 0 Å². The molecular weight excluding hydrogens is 447 g/mol. The third kappa shape index (κ3) is 5.08. The number of benzene rings is 1. The van der Waals surface area contributed by atoms with Crippen LogP contribution in [0.3, 0.4) is 0 Å². The number of alkyl halides is 3. The number of carbonyl (C=O) groups is 2. The number of carboxylic acids is 1. The zero-order chi connectivity index (χ0) is 24.5. The van der Waals surface area contributed by atoms with Crippen molar-refractivity contribution in [1.82, 2.24) is 14.9 Å². The van der Waals surface area contributed by atoms with Crippen molar-refractivity contribution in [2.45, 2.75) is 51.4 Å². The summed E-state index contributed by atoms with van der Waals surface area (Å²) >= 11 is 0. The molecule has 0 bridgehead atoms. The summed E-state index contributed by atoms with van der Waals surface area (Å²) in [6, 6.07) is 8.56. The van der Waals surface area contributed by atoms with E-state index in [1.54, 1.807) is 18.5 Å². The summed E-state index contributed by atoms with van der Waals surface area (Å²) in [4.78, 5) is 28.5. The number of amides is 1. The molecule has 0 radical (unpaired) electrons. The molecule has 1 amide bonds. The van der Waals surface area contributed by atoms with Crippen LogP contribution in [-0.4, -0.2) is 32.6 Å². The van der Waals surface area contributed by atoms with Crippen LogP contribution in [0.5, 0.6) is 0 Å². The highest BCUT2D eigenvalue weighted by atomic mass is 19.4. The highest BCUT2D eigenvalue weighted by Crippen LogP contribution is 2.34. The second-order valence-electron chi connectivity index (χ2n) is 8.92. The molecule has 2 heterocycles. The summed E-state index contributed by atoms with van der Waals surface area (Å²) < 4.78 is 40.3. The van der Waals surface area contributed by atoms with E-state index < -0.39 is 17.7 Å². The van der Waals surface area contributed by atoms with E-state index in [1.807, 2.05) is 17.6 Å². The maximum atomic E-state index is 13.0. The second kappa shape index (κ2) is 9.48. The summed E-state index contributed by atoms with van der Waals surface area (Å²) in [5.41, 5.74) is 0.844. The van der Waals surface area contributed by atoms with Gasteiger partial charge in [-0.05, 0) is 61.4 Å². The van der Waals surface area contributed by atoms with Gasteiger partial charge < -0.3 is 15.0 Å². The van der Waals surface area contributed by atoms with Gasteiger partial charge in [0.15, 0.2) is 5.69 Å². The number of nitrogens with one attached hydrogen (secondary N) is 1. The normalized spacial score (nSPS) is 18.9. The van der Waals surface area contributed by atoms with Crippen molar-refractivity contribution in [2.75, 3.05) is 0 Å². The average Bonchev–Trinajstić information content (AvgIpc) is 3.17. The first kappa shape index (κ1) is 23.8. The van der Waals surface area contributed by atoms with E-state index in [9.17, 15) is 27.9 Å². The summed E-state index contributed by atoms with van der Waals surface area (Å²) in [5.74, 6) is -1.17. The molecule has 6 nitrogen and oxygen atoms in total. The van der Waals surface area contributed by atoms with Crippen molar-refractivity contribution in [3.8, 4) is 0 Å². The lowest BCUT2D eigenvalue weighted by atomic mass is 9.74. The summed E-state index contributed by atoms with van der Waals surface area (Å²) in [6.45, 7) is 2.16. The maximum absolute atomic E-state index is 13.0. The lowest BCUT2D eigenvalue weighted by Gasteiger charge is -2.37. The summed E-state index contributed by atoms with van der Waals surface area (Å²) in [5, 5.41) is 13.0. The number of nitrogens with zero attached hydrogens (tertiary/aromatic N) is 2. The fraction of sp³-hybridized carbons (Fsp3) is 0.400. The Kier molecular flexibility index (Phi) is 6.63. The molecule has 2 N–H and O–H groups in total. The Morgan fingerprint density at radius 2 is 1.88 bits per heavy atom. The van der Waals surface area contributed by atoms with Gasteiger partial charge in [-0.3, -0.25) is 9.59 Å². The number of carbonyl (C=O) groups excluding carboxylic acids is 1. The zero-order valence-electron chi connectivity index (χ0n) is 18.7. The van der Waals surface area contributed by atoms with Gasteiger partial charge in [-0.15, -0.1) is 0 Å². The number of hydrogen-bond donors (Lipinski definition) is 2. The molecule has 2 aromatic heterocycles. The number of aromatic nitrogens is 2. The molecular formula is C25H26F3N3O3. The molecule has 3 aromatic rings. The topological polar surface area (TPSA) is 84.2 Å². The van der Waals surface area contributed by atoms with Crippen molar-refractivity contribution in [1.29, 1.82) is 0 Å². The monoisotopic (exact) mass is 473 g/mol. The van der Waals surface area contributed by atoms with Gasteiger partial charge in [0.05, 0.1) is 17.0 Å². The third-order valence-electron chi connectivity index (χ3n) is 6.56. The fourth-order valence-corrected chi connectivity index (χ4v) is 4.59. The first-order chi connectivity index (χ1) is 16.2. The largest absolute Gasteiger partial charge is 0.481 e. The predicted molar refractivity (Wildman–Crippen MR) is 120 cm³/mol. The molecule has 0 aliphatic heterocycles. The molecule has 34 heavy (non-hydrogen) atoms. The Balaban J connectivity index is 1.45. The number of halogens is 3. The van der Waals surface area contributed by atoms with Crippen LogP contribution in [-0.2, 0) is 17.5 Å². The van der Waals surface area contributed by atoms with E-state index in [0.717, 1.165) is 30.4 Å². The van der Waals surface area contributed by atoms with Crippen LogP contribution < -0.4 is 5.32 Å². The number of hydrogen-bond acceptors (Lipinski definition) is 3. The van der Waals surface area contributed by atoms with Gasteiger partial charge in [-0.2, -0.15) is 13.2 Å². The van der Waals surface area contributed by atoms with E-state index in [1.165, 1.54) is 12.1 Å². The van der Waals surface area contributed by atoms with Crippen molar-refractivity contribution < 1.29 is 27.9 Å². The quantitative estimate of drug-likeness (QED) is 0.476.